The van der Waals surface area contributed by atoms with Gasteiger partial charge >= 0.3 is 5.97 Å². The van der Waals surface area contributed by atoms with Crippen LogP contribution in [0.2, 0.25) is 0 Å². The Labute approximate surface area is 123 Å². The van der Waals surface area contributed by atoms with Gasteiger partial charge in [-0.3, -0.25) is 9.59 Å². The first-order valence-electron chi connectivity index (χ1n) is 7.33. The number of carbonyl (C=O) groups excluding carboxylic acids is 1. The van der Waals surface area contributed by atoms with Crippen molar-refractivity contribution in [2.24, 2.45) is 5.92 Å². The van der Waals surface area contributed by atoms with Gasteiger partial charge in [0.05, 0.1) is 12.3 Å². The van der Waals surface area contributed by atoms with E-state index in [4.69, 9.17) is 0 Å². The second kappa shape index (κ2) is 7.20. The van der Waals surface area contributed by atoms with Crippen LogP contribution < -0.4 is 5.32 Å². The molecule has 0 saturated heterocycles. The zero-order valence-corrected chi connectivity index (χ0v) is 11.8. The van der Waals surface area contributed by atoms with Gasteiger partial charge in [0.1, 0.15) is 5.82 Å². The number of carbonyl (C=O) groups is 2. The summed E-state index contributed by atoms with van der Waals surface area (Å²) in [6, 6.07) is 5.45. The first-order valence-corrected chi connectivity index (χ1v) is 7.33. The summed E-state index contributed by atoms with van der Waals surface area (Å²) in [5, 5.41) is 12.1. The zero-order valence-electron chi connectivity index (χ0n) is 11.8. The second-order valence-electron chi connectivity index (χ2n) is 5.56. The number of halogens is 1. The maximum Gasteiger partial charge on any atom is 0.308 e. The van der Waals surface area contributed by atoms with E-state index in [9.17, 15) is 19.1 Å². The summed E-state index contributed by atoms with van der Waals surface area (Å²) >= 11 is 0. The highest BCUT2D eigenvalue weighted by Gasteiger charge is 2.30. The molecule has 5 heteroatoms. The number of carboxylic acids is 1. The summed E-state index contributed by atoms with van der Waals surface area (Å²) in [5.74, 6) is -1.90. The van der Waals surface area contributed by atoms with Crippen LogP contribution in [0.15, 0.2) is 24.3 Å². The molecule has 0 spiro atoms. The Morgan fingerprint density at radius 2 is 1.81 bits per heavy atom. The largest absolute Gasteiger partial charge is 0.481 e. The predicted molar refractivity (Wildman–Crippen MR) is 76.2 cm³/mol. The molecule has 1 aliphatic rings. The molecule has 0 aromatic heterocycles. The monoisotopic (exact) mass is 293 g/mol. The van der Waals surface area contributed by atoms with Crippen LogP contribution in [-0.4, -0.2) is 23.0 Å². The number of carboxylic acid groups (broad SMARTS) is 1. The van der Waals surface area contributed by atoms with E-state index in [-0.39, 0.29) is 24.2 Å². The lowest BCUT2D eigenvalue weighted by molar-refractivity contribution is -0.143. The predicted octanol–water partition coefficient (Wildman–Crippen LogP) is 2.52. The molecule has 1 amide bonds. The molecular weight excluding hydrogens is 273 g/mol. The number of hydrogen-bond acceptors (Lipinski definition) is 2. The van der Waals surface area contributed by atoms with Gasteiger partial charge in [-0.25, -0.2) is 4.39 Å². The summed E-state index contributed by atoms with van der Waals surface area (Å²) in [6.45, 7) is 0. The van der Waals surface area contributed by atoms with Gasteiger partial charge in [0.15, 0.2) is 0 Å². The molecule has 114 valence electrons. The Kier molecular flexibility index (Phi) is 5.31. The summed E-state index contributed by atoms with van der Waals surface area (Å²) in [5.41, 5.74) is 0.717. The third-order valence-corrected chi connectivity index (χ3v) is 3.96. The topological polar surface area (TPSA) is 66.4 Å². The lowest BCUT2D eigenvalue weighted by Crippen LogP contribution is -2.43. The van der Waals surface area contributed by atoms with E-state index in [1.54, 1.807) is 12.1 Å². The van der Waals surface area contributed by atoms with Crippen molar-refractivity contribution < 1.29 is 19.1 Å². The van der Waals surface area contributed by atoms with Crippen molar-refractivity contribution >= 4 is 11.9 Å². The van der Waals surface area contributed by atoms with E-state index in [0.29, 0.717) is 12.8 Å². The fourth-order valence-corrected chi connectivity index (χ4v) is 2.82. The molecule has 2 rings (SSSR count). The summed E-state index contributed by atoms with van der Waals surface area (Å²) in [4.78, 5) is 23.4. The quantitative estimate of drug-likeness (QED) is 0.838. The minimum atomic E-state index is -0.844. The Bertz CT molecular complexity index is 501. The van der Waals surface area contributed by atoms with Gasteiger partial charge < -0.3 is 10.4 Å². The Balaban J connectivity index is 1.96. The third kappa shape index (κ3) is 4.55. The summed E-state index contributed by atoms with van der Waals surface area (Å²) in [6.07, 6.45) is 4.28. The fraction of sp³-hybridized carbons (Fsp3) is 0.500. The highest BCUT2D eigenvalue weighted by Crippen LogP contribution is 2.24. The van der Waals surface area contributed by atoms with Gasteiger partial charge in [-0.2, -0.15) is 0 Å². The van der Waals surface area contributed by atoms with Crippen LogP contribution in [0.4, 0.5) is 4.39 Å². The SMILES string of the molecule is O=C(Cc1ccc(F)cc1)NC1CCCCCC1C(=O)O. The van der Waals surface area contributed by atoms with Crippen molar-refractivity contribution in [3.05, 3.63) is 35.6 Å². The van der Waals surface area contributed by atoms with Crippen LogP contribution in [0.1, 0.15) is 37.7 Å². The van der Waals surface area contributed by atoms with Crippen LogP contribution in [0.3, 0.4) is 0 Å². The van der Waals surface area contributed by atoms with Crippen LogP contribution in [0.25, 0.3) is 0 Å². The van der Waals surface area contributed by atoms with Gasteiger partial charge in [-0.15, -0.1) is 0 Å². The van der Waals surface area contributed by atoms with E-state index in [2.05, 4.69) is 5.32 Å². The number of aliphatic carboxylic acids is 1. The van der Waals surface area contributed by atoms with Crippen molar-refractivity contribution in [2.45, 2.75) is 44.6 Å². The number of nitrogens with one attached hydrogen (secondary N) is 1. The number of rotatable bonds is 4. The first-order chi connectivity index (χ1) is 10.1. The molecule has 1 aromatic carbocycles. The normalized spacial score (nSPS) is 22.3. The molecular formula is C16H20FNO3. The summed E-state index contributed by atoms with van der Waals surface area (Å²) in [7, 11) is 0. The number of benzene rings is 1. The van der Waals surface area contributed by atoms with Crippen molar-refractivity contribution in [2.75, 3.05) is 0 Å². The Morgan fingerprint density at radius 3 is 2.48 bits per heavy atom. The maximum atomic E-state index is 12.8. The Hall–Kier alpha value is -1.91. The number of amides is 1. The lowest BCUT2D eigenvalue weighted by Gasteiger charge is -2.22. The molecule has 0 aliphatic heterocycles. The molecule has 0 radical (unpaired) electrons. The average molecular weight is 293 g/mol. The maximum absolute atomic E-state index is 12.8. The molecule has 0 bridgehead atoms. The molecule has 0 heterocycles. The molecule has 2 unspecified atom stereocenters. The standard InChI is InChI=1S/C16H20FNO3/c17-12-8-6-11(7-9-12)10-15(19)18-14-5-3-1-2-4-13(14)16(20)21/h6-9,13-14H,1-5,10H2,(H,18,19)(H,20,21). The molecule has 4 nitrogen and oxygen atoms in total. The van der Waals surface area contributed by atoms with Crippen LogP contribution in [-0.2, 0) is 16.0 Å². The molecule has 21 heavy (non-hydrogen) atoms. The molecule has 1 saturated carbocycles. The smallest absolute Gasteiger partial charge is 0.308 e. The van der Waals surface area contributed by atoms with Crippen molar-refractivity contribution in [1.29, 1.82) is 0 Å². The fourth-order valence-electron chi connectivity index (χ4n) is 2.82. The van der Waals surface area contributed by atoms with Crippen LogP contribution >= 0.6 is 0 Å². The van der Waals surface area contributed by atoms with E-state index in [1.807, 2.05) is 0 Å². The minimum Gasteiger partial charge on any atom is -0.481 e. The van der Waals surface area contributed by atoms with Gasteiger partial charge in [0, 0.05) is 6.04 Å². The van der Waals surface area contributed by atoms with Gasteiger partial charge in [0.25, 0.3) is 0 Å². The highest BCUT2D eigenvalue weighted by atomic mass is 19.1. The molecule has 1 aromatic rings. The molecule has 2 N–H and O–H groups in total. The molecule has 1 fully saturated rings. The minimum absolute atomic E-state index is 0.142. The van der Waals surface area contributed by atoms with Gasteiger partial charge in [-0.1, -0.05) is 31.4 Å². The van der Waals surface area contributed by atoms with E-state index in [0.717, 1.165) is 24.8 Å². The molecule has 1 aliphatic carbocycles. The van der Waals surface area contributed by atoms with E-state index >= 15 is 0 Å². The van der Waals surface area contributed by atoms with Gasteiger partial charge in [-0.05, 0) is 30.5 Å². The van der Waals surface area contributed by atoms with Crippen molar-refractivity contribution in [3.63, 3.8) is 0 Å². The number of hydrogen-bond donors (Lipinski definition) is 2. The Morgan fingerprint density at radius 1 is 1.14 bits per heavy atom. The lowest BCUT2D eigenvalue weighted by atomic mass is 9.94. The zero-order chi connectivity index (χ0) is 15.2. The van der Waals surface area contributed by atoms with E-state index in [1.165, 1.54) is 12.1 Å². The van der Waals surface area contributed by atoms with Crippen LogP contribution in [0.5, 0.6) is 0 Å². The molecule has 2 atom stereocenters. The van der Waals surface area contributed by atoms with Crippen LogP contribution in [0, 0.1) is 11.7 Å². The second-order valence-corrected chi connectivity index (χ2v) is 5.56. The van der Waals surface area contributed by atoms with Crippen molar-refractivity contribution in [3.8, 4) is 0 Å². The highest BCUT2D eigenvalue weighted by molar-refractivity contribution is 5.80. The van der Waals surface area contributed by atoms with Gasteiger partial charge in [0.2, 0.25) is 5.91 Å². The third-order valence-electron chi connectivity index (χ3n) is 3.96. The first kappa shape index (κ1) is 15.5. The average Bonchev–Trinajstić information content (AvgIpc) is 2.67. The van der Waals surface area contributed by atoms with Crippen molar-refractivity contribution in [1.82, 2.24) is 5.32 Å². The van der Waals surface area contributed by atoms with E-state index < -0.39 is 11.9 Å². The summed E-state index contributed by atoms with van der Waals surface area (Å²) < 4.78 is 12.8.